The number of nitrogens with zero attached hydrogens (tertiary/aromatic N) is 3. The maximum absolute atomic E-state index is 11.7. The summed E-state index contributed by atoms with van der Waals surface area (Å²) in [6.45, 7) is 1.22. The van der Waals surface area contributed by atoms with Gasteiger partial charge in [0.2, 0.25) is 0 Å². The maximum Gasteiger partial charge on any atom is 0.413 e. The van der Waals surface area contributed by atoms with Crippen LogP contribution in [0.15, 0.2) is 6.33 Å². The summed E-state index contributed by atoms with van der Waals surface area (Å²) < 4.78 is 36.6. The molecule has 0 aliphatic carbocycles. The summed E-state index contributed by atoms with van der Waals surface area (Å²) in [4.78, 5) is 8.06. The molecule has 1 rings (SSSR count). The zero-order valence-corrected chi connectivity index (χ0v) is 8.08. The van der Waals surface area contributed by atoms with Gasteiger partial charge in [-0.3, -0.25) is 4.84 Å². The van der Waals surface area contributed by atoms with Crippen LogP contribution in [0.25, 0.3) is 0 Å². The number of aryl methyl sites for hydroxylation is 1. The van der Waals surface area contributed by atoms with E-state index in [1.54, 1.807) is 4.68 Å². The predicted molar refractivity (Wildman–Crippen MR) is 44.5 cm³/mol. The molecule has 15 heavy (non-hydrogen) atoms. The van der Waals surface area contributed by atoms with Crippen LogP contribution in [0.1, 0.15) is 12.7 Å². The van der Waals surface area contributed by atoms with Crippen molar-refractivity contribution in [3.8, 4) is 0 Å². The van der Waals surface area contributed by atoms with Crippen molar-refractivity contribution in [3.63, 3.8) is 0 Å². The molecule has 0 bridgehead atoms. The molecule has 0 aliphatic rings. The molecule has 1 heterocycles. The smallest absolute Gasteiger partial charge is 0.292 e. The van der Waals surface area contributed by atoms with Crippen molar-refractivity contribution >= 4 is 0 Å². The fraction of sp³-hybridized carbons (Fsp3) is 0.714. The SMILES string of the molecule is CCn1ncnc1CNOCC(F)(F)F. The number of nitrogens with one attached hydrogen (secondary N) is 1. The Morgan fingerprint density at radius 3 is 2.87 bits per heavy atom. The van der Waals surface area contributed by atoms with E-state index < -0.39 is 12.8 Å². The van der Waals surface area contributed by atoms with Crippen molar-refractivity contribution in [3.05, 3.63) is 12.2 Å². The third-order valence-electron chi connectivity index (χ3n) is 1.56. The van der Waals surface area contributed by atoms with Crippen molar-refractivity contribution in [1.29, 1.82) is 0 Å². The molecule has 1 aromatic heterocycles. The Kier molecular flexibility index (Phi) is 4.04. The molecule has 5 nitrogen and oxygen atoms in total. The van der Waals surface area contributed by atoms with Crippen molar-refractivity contribution in [2.45, 2.75) is 26.2 Å². The van der Waals surface area contributed by atoms with Crippen LogP contribution in [0.3, 0.4) is 0 Å². The minimum Gasteiger partial charge on any atom is -0.292 e. The van der Waals surface area contributed by atoms with E-state index in [9.17, 15) is 13.2 Å². The van der Waals surface area contributed by atoms with Crippen LogP contribution in [-0.4, -0.2) is 27.5 Å². The Balaban J connectivity index is 2.26. The standard InChI is InChI=1S/C7H11F3N4O/c1-2-14-6(11-5-12-14)3-13-15-4-7(8,9)10/h5,13H,2-4H2,1H3. The minimum absolute atomic E-state index is 0.0872. The fourth-order valence-electron chi connectivity index (χ4n) is 0.938. The van der Waals surface area contributed by atoms with Gasteiger partial charge in [-0.15, -0.1) is 0 Å². The average molecular weight is 224 g/mol. The van der Waals surface area contributed by atoms with Gasteiger partial charge in [-0.2, -0.15) is 23.8 Å². The third kappa shape index (κ3) is 4.26. The molecule has 0 radical (unpaired) electrons. The van der Waals surface area contributed by atoms with Crippen molar-refractivity contribution in [2.24, 2.45) is 0 Å². The Morgan fingerprint density at radius 2 is 2.27 bits per heavy atom. The summed E-state index contributed by atoms with van der Waals surface area (Å²) in [5.41, 5.74) is 2.18. The highest BCUT2D eigenvalue weighted by atomic mass is 19.4. The van der Waals surface area contributed by atoms with Gasteiger partial charge in [0.05, 0.1) is 6.54 Å². The number of hydrogen-bond acceptors (Lipinski definition) is 4. The molecular weight excluding hydrogens is 213 g/mol. The lowest BCUT2D eigenvalue weighted by molar-refractivity contribution is -0.190. The Hall–Kier alpha value is -1.15. The Morgan fingerprint density at radius 1 is 1.53 bits per heavy atom. The molecule has 0 unspecified atom stereocenters. The summed E-state index contributed by atoms with van der Waals surface area (Å²) in [7, 11) is 0. The van der Waals surface area contributed by atoms with Gasteiger partial charge in [0.1, 0.15) is 12.2 Å². The predicted octanol–water partition coefficient (Wildman–Crippen LogP) is 0.881. The number of halogens is 3. The molecule has 0 aromatic carbocycles. The molecule has 8 heteroatoms. The highest BCUT2D eigenvalue weighted by molar-refractivity contribution is 4.81. The zero-order valence-electron chi connectivity index (χ0n) is 8.08. The van der Waals surface area contributed by atoms with E-state index in [-0.39, 0.29) is 6.54 Å². The maximum atomic E-state index is 11.7. The van der Waals surface area contributed by atoms with E-state index in [0.29, 0.717) is 12.4 Å². The van der Waals surface area contributed by atoms with Crippen LogP contribution in [0.4, 0.5) is 13.2 Å². The Bertz CT molecular complexity index is 299. The second kappa shape index (κ2) is 5.08. The summed E-state index contributed by atoms with van der Waals surface area (Å²) >= 11 is 0. The Labute approximate surface area is 84.2 Å². The van der Waals surface area contributed by atoms with Crippen LogP contribution in [0.2, 0.25) is 0 Å². The fourth-order valence-corrected chi connectivity index (χ4v) is 0.938. The lowest BCUT2D eigenvalue weighted by atomic mass is 10.6. The van der Waals surface area contributed by atoms with E-state index in [4.69, 9.17) is 0 Å². The van der Waals surface area contributed by atoms with Crippen LogP contribution < -0.4 is 5.48 Å². The van der Waals surface area contributed by atoms with Gasteiger partial charge in [0.15, 0.2) is 6.61 Å². The molecule has 0 saturated heterocycles. The quantitative estimate of drug-likeness (QED) is 0.596. The van der Waals surface area contributed by atoms with Crippen LogP contribution >= 0.6 is 0 Å². The van der Waals surface area contributed by atoms with E-state index in [1.807, 2.05) is 6.92 Å². The molecule has 1 N–H and O–H groups in total. The number of hydroxylamine groups is 1. The second-order valence-electron chi connectivity index (χ2n) is 2.72. The largest absolute Gasteiger partial charge is 0.413 e. The summed E-state index contributed by atoms with van der Waals surface area (Å²) in [6.07, 6.45) is -2.99. The van der Waals surface area contributed by atoms with Crippen LogP contribution in [0.5, 0.6) is 0 Å². The minimum atomic E-state index is -4.33. The van der Waals surface area contributed by atoms with Gasteiger partial charge < -0.3 is 0 Å². The first-order valence-corrected chi connectivity index (χ1v) is 4.31. The zero-order chi connectivity index (χ0) is 11.3. The molecule has 0 spiro atoms. The number of hydrogen-bond donors (Lipinski definition) is 1. The molecule has 0 saturated carbocycles. The topological polar surface area (TPSA) is 52.0 Å². The molecule has 86 valence electrons. The first kappa shape index (κ1) is 11.9. The van der Waals surface area contributed by atoms with Gasteiger partial charge in [0, 0.05) is 6.54 Å². The van der Waals surface area contributed by atoms with E-state index in [2.05, 4.69) is 20.4 Å². The highest BCUT2D eigenvalue weighted by Gasteiger charge is 2.27. The highest BCUT2D eigenvalue weighted by Crippen LogP contribution is 2.13. The number of alkyl halides is 3. The molecule has 0 aliphatic heterocycles. The summed E-state index contributed by atoms with van der Waals surface area (Å²) in [5, 5.41) is 3.85. The van der Waals surface area contributed by atoms with Gasteiger partial charge in [-0.1, -0.05) is 0 Å². The first-order valence-electron chi connectivity index (χ1n) is 4.31. The summed E-state index contributed by atoms with van der Waals surface area (Å²) in [6, 6.07) is 0. The number of aromatic nitrogens is 3. The normalized spacial score (nSPS) is 12.0. The first-order chi connectivity index (χ1) is 7.03. The average Bonchev–Trinajstić information content (AvgIpc) is 2.58. The van der Waals surface area contributed by atoms with Crippen LogP contribution in [0, 0.1) is 0 Å². The van der Waals surface area contributed by atoms with E-state index in [0.717, 1.165) is 0 Å². The molecule has 0 fully saturated rings. The van der Waals surface area contributed by atoms with E-state index in [1.165, 1.54) is 6.33 Å². The van der Waals surface area contributed by atoms with Gasteiger partial charge in [0.25, 0.3) is 0 Å². The van der Waals surface area contributed by atoms with Gasteiger partial charge in [-0.25, -0.2) is 9.67 Å². The third-order valence-corrected chi connectivity index (χ3v) is 1.56. The number of rotatable bonds is 5. The molecule has 0 amide bonds. The lowest BCUT2D eigenvalue weighted by Gasteiger charge is -2.08. The van der Waals surface area contributed by atoms with Crippen molar-refractivity contribution < 1.29 is 18.0 Å². The van der Waals surface area contributed by atoms with Crippen LogP contribution in [-0.2, 0) is 17.9 Å². The second-order valence-corrected chi connectivity index (χ2v) is 2.72. The monoisotopic (exact) mass is 224 g/mol. The molecule has 1 aromatic rings. The van der Waals surface area contributed by atoms with Crippen molar-refractivity contribution in [1.82, 2.24) is 20.2 Å². The van der Waals surface area contributed by atoms with Gasteiger partial charge in [-0.05, 0) is 6.92 Å². The molecular formula is C7H11F3N4O. The van der Waals surface area contributed by atoms with E-state index >= 15 is 0 Å². The summed E-state index contributed by atoms with van der Waals surface area (Å²) in [5.74, 6) is 0.527. The lowest BCUT2D eigenvalue weighted by Crippen LogP contribution is -2.25. The van der Waals surface area contributed by atoms with Gasteiger partial charge >= 0.3 is 6.18 Å². The molecule has 0 atom stereocenters. The van der Waals surface area contributed by atoms with Crippen molar-refractivity contribution in [2.75, 3.05) is 6.61 Å².